The average molecular weight is 340 g/mol. The fourth-order valence-corrected chi connectivity index (χ4v) is 2.56. The lowest BCUT2D eigenvalue weighted by Crippen LogP contribution is -2.27. The first-order chi connectivity index (χ1) is 11.2. The van der Waals surface area contributed by atoms with E-state index in [9.17, 15) is 18.0 Å². The molecule has 0 bridgehead atoms. The Morgan fingerprint density at radius 3 is 2.62 bits per heavy atom. The van der Waals surface area contributed by atoms with Gasteiger partial charge in [0.2, 0.25) is 0 Å². The highest BCUT2D eigenvalue weighted by atomic mass is 19.4. The summed E-state index contributed by atoms with van der Waals surface area (Å²) < 4.78 is 40.4. The van der Waals surface area contributed by atoms with E-state index in [2.05, 4.69) is 15.4 Å². The van der Waals surface area contributed by atoms with Crippen molar-refractivity contribution < 1.29 is 18.0 Å². The van der Waals surface area contributed by atoms with Crippen molar-refractivity contribution in [2.45, 2.75) is 32.9 Å². The zero-order valence-electron chi connectivity index (χ0n) is 13.7. The smallest absolute Gasteiger partial charge is 0.352 e. The molecule has 8 heteroatoms. The SMILES string of the molecule is Cc1nn(C)c(C)c1CCCNC(=O)c1ccncc1C(F)(F)F. The third-order valence-corrected chi connectivity index (χ3v) is 3.92. The second-order valence-electron chi connectivity index (χ2n) is 5.55. The van der Waals surface area contributed by atoms with Crippen LogP contribution in [0.15, 0.2) is 18.5 Å². The molecule has 0 fully saturated rings. The molecule has 2 aromatic rings. The quantitative estimate of drug-likeness (QED) is 0.852. The number of halogens is 3. The first kappa shape index (κ1) is 18.0. The summed E-state index contributed by atoms with van der Waals surface area (Å²) in [6.45, 7) is 4.15. The molecule has 0 unspecified atom stereocenters. The molecule has 1 amide bonds. The summed E-state index contributed by atoms with van der Waals surface area (Å²) in [5.74, 6) is -0.746. The molecule has 1 N–H and O–H groups in total. The number of alkyl halides is 3. The van der Waals surface area contributed by atoms with Gasteiger partial charge in [-0.05, 0) is 38.3 Å². The molecule has 0 aliphatic rings. The monoisotopic (exact) mass is 340 g/mol. The van der Waals surface area contributed by atoms with Crippen LogP contribution in [0, 0.1) is 13.8 Å². The zero-order valence-corrected chi connectivity index (χ0v) is 13.7. The number of aromatic nitrogens is 3. The van der Waals surface area contributed by atoms with Crippen LogP contribution in [0.25, 0.3) is 0 Å². The van der Waals surface area contributed by atoms with Crippen LogP contribution >= 0.6 is 0 Å². The molecular formula is C16H19F3N4O. The number of carbonyl (C=O) groups excluding carboxylic acids is 1. The second kappa shape index (κ2) is 7.02. The van der Waals surface area contributed by atoms with E-state index in [1.807, 2.05) is 20.9 Å². The van der Waals surface area contributed by atoms with Crippen molar-refractivity contribution >= 4 is 5.91 Å². The van der Waals surface area contributed by atoms with Crippen LogP contribution < -0.4 is 5.32 Å². The lowest BCUT2D eigenvalue weighted by molar-refractivity contribution is -0.138. The highest BCUT2D eigenvalue weighted by Crippen LogP contribution is 2.31. The Hall–Kier alpha value is -2.38. The van der Waals surface area contributed by atoms with Crippen LogP contribution in [0.4, 0.5) is 13.2 Å². The van der Waals surface area contributed by atoms with Crippen molar-refractivity contribution in [3.8, 4) is 0 Å². The normalized spacial score (nSPS) is 11.6. The summed E-state index contributed by atoms with van der Waals surface area (Å²) in [5, 5.41) is 6.84. The van der Waals surface area contributed by atoms with Gasteiger partial charge >= 0.3 is 6.18 Å². The minimum absolute atomic E-state index is 0.284. The minimum atomic E-state index is -4.61. The molecule has 0 spiro atoms. The summed E-state index contributed by atoms with van der Waals surface area (Å²) in [6, 6.07) is 1.08. The summed E-state index contributed by atoms with van der Waals surface area (Å²) in [6.07, 6.45) is -1.45. The highest BCUT2D eigenvalue weighted by Gasteiger charge is 2.35. The average Bonchev–Trinajstić information content (AvgIpc) is 2.76. The fraction of sp³-hybridized carbons (Fsp3) is 0.438. The Bertz CT molecular complexity index is 737. The number of hydrogen-bond donors (Lipinski definition) is 1. The summed E-state index contributed by atoms with van der Waals surface area (Å²) in [4.78, 5) is 15.4. The summed E-state index contributed by atoms with van der Waals surface area (Å²) in [5.41, 5.74) is 1.64. The summed E-state index contributed by atoms with van der Waals surface area (Å²) >= 11 is 0. The largest absolute Gasteiger partial charge is 0.418 e. The Morgan fingerprint density at radius 1 is 1.33 bits per heavy atom. The zero-order chi connectivity index (χ0) is 17.9. The number of nitrogens with one attached hydrogen (secondary N) is 1. The standard InChI is InChI=1S/C16H19F3N4O/c1-10-12(11(2)23(3)22-10)5-4-7-21-15(24)13-6-8-20-9-14(13)16(17,18)19/h6,8-9H,4-5,7H2,1-3H3,(H,21,24). The van der Waals surface area contributed by atoms with Gasteiger partial charge in [-0.3, -0.25) is 14.5 Å². The van der Waals surface area contributed by atoms with E-state index < -0.39 is 23.2 Å². The molecular weight excluding hydrogens is 321 g/mol. The molecule has 0 aromatic carbocycles. The van der Waals surface area contributed by atoms with E-state index in [0.29, 0.717) is 19.0 Å². The van der Waals surface area contributed by atoms with Crippen molar-refractivity contribution in [3.05, 3.63) is 46.5 Å². The van der Waals surface area contributed by atoms with Gasteiger partial charge in [-0.1, -0.05) is 0 Å². The minimum Gasteiger partial charge on any atom is -0.352 e. The van der Waals surface area contributed by atoms with Crippen LogP contribution in [-0.2, 0) is 19.6 Å². The molecule has 5 nitrogen and oxygen atoms in total. The Kier molecular flexibility index (Phi) is 5.26. The molecule has 24 heavy (non-hydrogen) atoms. The van der Waals surface area contributed by atoms with Crippen LogP contribution in [0.5, 0.6) is 0 Å². The van der Waals surface area contributed by atoms with E-state index in [-0.39, 0.29) is 6.54 Å². The number of hydrogen-bond acceptors (Lipinski definition) is 3. The van der Waals surface area contributed by atoms with E-state index in [1.165, 1.54) is 6.20 Å². The van der Waals surface area contributed by atoms with E-state index in [4.69, 9.17) is 0 Å². The lowest BCUT2D eigenvalue weighted by atomic mass is 10.1. The predicted molar refractivity (Wildman–Crippen MR) is 82.6 cm³/mol. The topological polar surface area (TPSA) is 59.8 Å². The molecule has 2 aromatic heterocycles. The molecule has 0 radical (unpaired) electrons. The third-order valence-electron chi connectivity index (χ3n) is 3.92. The van der Waals surface area contributed by atoms with Gasteiger partial charge in [0.05, 0.1) is 16.8 Å². The van der Waals surface area contributed by atoms with Gasteiger partial charge in [0.15, 0.2) is 0 Å². The first-order valence-corrected chi connectivity index (χ1v) is 7.50. The second-order valence-corrected chi connectivity index (χ2v) is 5.55. The van der Waals surface area contributed by atoms with Crippen molar-refractivity contribution in [2.75, 3.05) is 6.54 Å². The number of amides is 1. The van der Waals surface area contributed by atoms with Gasteiger partial charge in [0.1, 0.15) is 0 Å². The van der Waals surface area contributed by atoms with Crippen molar-refractivity contribution in [2.24, 2.45) is 7.05 Å². The van der Waals surface area contributed by atoms with Crippen molar-refractivity contribution in [1.82, 2.24) is 20.1 Å². The Balaban J connectivity index is 1.95. The number of aryl methyl sites for hydroxylation is 2. The number of nitrogens with zero attached hydrogens (tertiary/aromatic N) is 3. The van der Waals surface area contributed by atoms with Crippen LogP contribution in [-0.4, -0.2) is 27.2 Å². The van der Waals surface area contributed by atoms with Gasteiger partial charge in [-0.25, -0.2) is 0 Å². The third kappa shape index (κ3) is 3.93. The molecule has 0 atom stereocenters. The molecule has 2 rings (SSSR count). The molecule has 130 valence electrons. The maximum Gasteiger partial charge on any atom is 0.418 e. The van der Waals surface area contributed by atoms with Crippen molar-refractivity contribution in [1.29, 1.82) is 0 Å². The van der Waals surface area contributed by atoms with Crippen molar-refractivity contribution in [3.63, 3.8) is 0 Å². The first-order valence-electron chi connectivity index (χ1n) is 7.50. The maximum atomic E-state index is 12.9. The van der Waals surface area contributed by atoms with E-state index in [1.54, 1.807) is 4.68 Å². The summed E-state index contributed by atoms with van der Waals surface area (Å²) in [7, 11) is 1.86. The number of rotatable bonds is 5. The van der Waals surface area contributed by atoms with Crippen LogP contribution in [0.1, 0.15) is 39.3 Å². The fourth-order valence-electron chi connectivity index (χ4n) is 2.56. The Morgan fingerprint density at radius 2 is 2.04 bits per heavy atom. The predicted octanol–water partition coefficient (Wildman–Crippen LogP) is 2.81. The maximum absolute atomic E-state index is 12.9. The van der Waals surface area contributed by atoms with Crippen LogP contribution in [0.3, 0.4) is 0 Å². The van der Waals surface area contributed by atoms with E-state index in [0.717, 1.165) is 23.0 Å². The highest BCUT2D eigenvalue weighted by molar-refractivity contribution is 5.95. The molecule has 0 saturated carbocycles. The van der Waals surface area contributed by atoms with Gasteiger partial charge in [-0.15, -0.1) is 0 Å². The molecule has 0 aliphatic carbocycles. The molecule has 0 aliphatic heterocycles. The Labute approximate surface area is 137 Å². The molecule has 0 saturated heterocycles. The van der Waals surface area contributed by atoms with Gasteiger partial charge in [0, 0.05) is 31.7 Å². The van der Waals surface area contributed by atoms with Crippen LogP contribution in [0.2, 0.25) is 0 Å². The van der Waals surface area contributed by atoms with Gasteiger partial charge in [-0.2, -0.15) is 18.3 Å². The molecule has 2 heterocycles. The lowest BCUT2D eigenvalue weighted by Gasteiger charge is -2.12. The van der Waals surface area contributed by atoms with Gasteiger partial charge in [0.25, 0.3) is 5.91 Å². The number of carbonyl (C=O) groups is 1. The number of pyridine rings is 1. The van der Waals surface area contributed by atoms with Gasteiger partial charge < -0.3 is 5.32 Å². The van der Waals surface area contributed by atoms with E-state index >= 15 is 0 Å².